The van der Waals surface area contributed by atoms with Crippen molar-refractivity contribution in [2.75, 3.05) is 0 Å². The molecule has 0 spiro atoms. The van der Waals surface area contributed by atoms with Crippen LogP contribution in [-0.2, 0) is 23.3 Å². The average molecular weight is 857 g/mol. The third-order valence-electron chi connectivity index (χ3n) is 9.76. The molecule has 10 rings (SSSR count). The number of fused-ring (bicyclic) bond motifs is 4. The topological polar surface area (TPSA) is 25.8 Å². The zero-order valence-corrected chi connectivity index (χ0v) is 36.1. The van der Waals surface area contributed by atoms with Crippen molar-refractivity contribution >= 4 is 59.2 Å². The molecule has 0 aliphatic carbocycles. The van der Waals surface area contributed by atoms with E-state index in [9.17, 15) is 0 Å². The Bertz CT molecular complexity index is 2670. The molecule has 56 heavy (non-hydrogen) atoms. The van der Waals surface area contributed by atoms with Gasteiger partial charge in [-0.1, -0.05) is 85.6 Å². The summed E-state index contributed by atoms with van der Waals surface area (Å²) >= 11 is 1.64. The Labute approximate surface area is 356 Å². The summed E-state index contributed by atoms with van der Waals surface area (Å²) in [6.07, 6.45) is 3.73. The summed E-state index contributed by atoms with van der Waals surface area (Å²) < 4.78 is 0. The van der Waals surface area contributed by atoms with E-state index in [4.69, 9.17) is 0 Å². The molecule has 0 amide bonds. The predicted molar refractivity (Wildman–Crippen MR) is 228 cm³/mol. The summed E-state index contributed by atoms with van der Waals surface area (Å²) in [5, 5.41) is 10.6. The Balaban J connectivity index is 0.000000142. The fourth-order valence-electron chi connectivity index (χ4n) is 7.26. The number of nitrogens with zero attached hydrogens (tertiary/aromatic N) is 2. The van der Waals surface area contributed by atoms with Gasteiger partial charge in [-0.3, -0.25) is 9.97 Å². The standard InChI is InChI=1S/2C19H14N.C12H10Si.2ClH.Zr/c2*1-13-11-15-6-3-8-16(18(15)12-13)17-9-2-5-14-7-4-10-20-19(14)17;1-3-7-11(8-4-1)13-12-9-5-2-6-10-12;;;/h2*2-12H,1H3;1-10H;2*1H;/q2*-1;;;;+2/p-2. The SMILES string of the molecule is Cc1cc2c(-c3cccc4cccnc34)cccc2[cH-]1.Cc1cc2c(-c3cccc4cccnc34)cccc2[cH-]1.[Cl-].[Cl-].[Zr+2]=[Si](c1ccccc1)c1ccccc1. The zero-order valence-electron chi connectivity index (χ0n) is 31.1. The third kappa shape index (κ3) is 8.86. The molecule has 2 nitrogen and oxygen atoms in total. The van der Waals surface area contributed by atoms with Crippen LogP contribution in [0.3, 0.4) is 0 Å². The van der Waals surface area contributed by atoms with E-state index in [1.165, 1.54) is 76.1 Å². The molecule has 0 aliphatic rings. The Kier molecular flexibility index (Phi) is 13.7. The maximum absolute atomic E-state index is 4.57. The van der Waals surface area contributed by atoms with Crippen molar-refractivity contribution in [3.8, 4) is 22.3 Å². The summed E-state index contributed by atoms with van der Waals surface area (Å²) in [5.41, 5.74) is 9.24. The first kappa shape index (κ1) is 40.7. The monoisotopic (exact) mass is 854 g/mol. The second-order valence-corrected chi connectivity index (χ2v) is 19.1. The van der Waals surface area contributed by atoms with Crippen LogP contribution < -0.4 is 35.2 Å². The summed E-state index contributed by atoms with van der Waals surface area (Å²) in [6, 6.07) is 64.6. The van der Waals surface area contributed by atoms with Gasteiger partial charge in [0.15, 0.2) is 0 Å². The number of aryl methyl sites for hydroxylation is 2. The van der Waals surface area contributed by atoms with Gasteiger partial charge < -0.3 is 24.8 Å². The summed E-state index contributed by atoms with van der Waals surface area (Å²) in [4.78, 5) is 9.14. The maximum atomic E-state index is 4.57. The first-order chi connectivity index (χ1) is 26.5. The molecular formula is C50H38Cl2N2SiZr-2. The van der Waals surface area contributed by atoms with E-state index in [0.29, 0.717) is 0 Å². The minimum atomic E-state index is -0.455. The van der Waals surface area contributed by atoms with Crippen molar-refractivity contribution in [1.82, 2.24) is 9.97 Å². The normalized spacial score (nSPS) is 10.5. The second kappa shape index (κ2) is 18.8. The molecule has 0 unspecified atom stereocenters. The van der Waals surface area contributed by atoms with Crippen LogP contribution in [0.15, 0.2) is 194 Å². The van der Waals surface area contributed by atoms with Gasteiger partial charge in [-0.2, -0.15) is 12.1 Å². The molecule has 0 bridgehead atoms. The summed E-state index contributed by atoms with van der Waals surface area (Å²) in [7, 11) is 0. The van der Waals surface area contributed by atoms with Gasteiger partial charge in [-0.05, 0) is 23.3 Å². The molecule has 0 radical (unpaired) electrons. The molecule has 0 atom stereocenters. The van der Waals surface area contributed by atoms with Crippen LogP contribution in [0.25, 0.3) is 65.6 Å². The minimum absolute atomic E-state index is 0. The van der Waals surface area contributed by atoms with E-state index in [1.807, 2.05) is 24.5 Å². The number of rotatable bonds is 4. The second-order valence-electron chi connectivity index (χ2n) is 13.6. The number of pyridine rings is 2. The van der Waals surface area contributed by atoms with Crippen LogP contribution in [0, 0.1) is 13.8 Å². The quantitative estimate of drug-likeness (QED) is 0.173. The van der Waals surface area contributed by atoms with E-state index < -0.39 is 5.43 Å². The molecule has 10 aromatic rings. The van der Waals surface area contributed by atoms with Crippen molar-refractivity contribution in [3.05, 3.63) is 206 Å². The Morgan fingerprint density at radius 1 is 0.429 bits per heavy atom. The third-order valence-corrected chi connectivity index (χ3v) is 15.8. The van der Waals surface area contributed by atoms with Crippen LogP contribution >= 0.6 is 0 Å². The van der Waals surface area contributed by atoms with Gasteiger partial charge in [0.25, 0.3) is 0 Å². The summed E-state index contributed by atoms with van der Waals surface area (Å²) in [5.74, 6) is 0. The number of halogens is 2. The Hall–Kier alpha value is -4.96. The molecular weight excluding hydrogens is 819 g/mol. The molecule has 6 heteroatoms. The van der Waals surface area contributed by atoms with Gasteiger partial charge in [-0.25, -0.2) is 0 Å². The van der Waals surface area contributed by atoms with E-state index in [2.05, 4.69) is 194 Å². The van der Waals surface area contributed by atoms with Gasteiger partial charge in [0, 0.05) is 23.2 Å². The van der Waals surface area contributed by atoms with Crippen molar-refractivity contribution in [3.63, 3.8) is 0 Å². The Morgan fingerprint density at radius 3 is 1.23 bits per heavy atom. The van der Waals surface area contributed by atoms with Crippen LogP contribution in [-0.4, -0.2) is 15.4 Å². The van der Waals surface area contributed by atoms with Crippen LogP contribution in [0.5, 0.6) is 0 Å². The van der Waals surface area contributed by atoms with Crippen LogP contribution in [0.4, 0.5) is 0 Å². The number of para-hydroxylation sites is 2. The molecule has 2 aromatic heterocycles. The average Bonchev–Trinajstić information content (AvgIpc) is 3.82. The van der Waals surface area contributed by atoms with Gasteiger partial charge in [0.05, 0.1) is 11.0 Å². The fraction of sp³-hybridized carbons (Fsp3) is 0.0400. The molecule has 0 fully saturated rings. The molecule has 2 heterocycles. The van der Waals surface area contributed by atoms with Gasteiger partial charge in [0.2, 0.25) is 0 Å². The predicted octanol–water partition coefficient (Wildman–Crippen LogP) is 5.51. The van der Waals surface area contributed by atoms with E-state index >= 15 is 0 Å². The molecule has 8 aromatic carbocycles. The van der Waals surface area contributed by atoms with Crippen LogP contribution in [0.1, 0.15) is 11.1 Å². The van der Waals surface area contributed by atoms with Gasteiger partial charge in [-0.15, -0.1) is 69.1 Å². The van der Waals surface area contributed by atoms with Gasteiger partial charge in [0.1, 0.15) is 0 Å². The number of benzene rings is 6. The number of aromatic nitrogens is 2. The van der Waals surface area contributed by atoms with Crippen molar-refractivity contribution in [1.29, 1.82) is 0 Å². The molecule has 272 valence electrons. The number of hydrogen-bond acceptors (Lipinski definition) is 2. The molecule has 0 N–H and O–H groups in total. The fourth-order valence-corrected chi connectivity index (χ4v) is 11.1. The Morgan fingerprint density at radius 2 is 0.804 bits per heavy atom. The van der Waals surface area contributed by atoms with Crippen molar-refractivity contribution in [2.45, 2.75) is 13.8 Å². The zero-order chi connectivity index (χ0) is 36.9. The van der Waals surface area contributed by atoms with E-state index in [0.717, 1.165) is 11.0 Å². The number of hydrogen-bond donors (Lipinski definition) is 0. The van der Waals surface area contributed by atoms with E-state index in [1.54, 1.807) is 23.3 Å². The van der Waals surface area contributed by atoms with Crippen molar-refractivity contribution < 1.29 is 48.1 Å². The molecule has 0 saturated heterocycles. The molecule has 0 saturated carbocycles. The van der Waals surface area contributed by atoms with Crippen molar-refractivity contribution in [2.24, 2.45) is 0 Å². The van der Waals surface area contributed by atoms with Gasteiger partial charge >= 0.3 is 99.8 Å². The first-order valence-electron chi connectivity index (χ1n) is 18.2. The van der Waals surface area contributed by atoms with Crippen LogP contribution in [0.2, 0.25) is 0 Å². The van der Waals surface area contributed by atoms with E-state index in [-0.39, 0.29) is 24.8 Å². The molecule has 0 aliphatic heterocycles. The first-order valence-corrected chi connectivity index (χ1v) is 23.4. The summed E-state index contributed by atoms with van der Waals surface area (Å²) in [6.45, 7) is 4.29.